The SMILES string of the molecule is Cc1ccc(NC2CC(C)C2)cc1[N+](=O)[O-]. The van der Waals surface area contributed by atoms with Crippen LogP contribution in [0.2, 0.25) is 0 Å². The summed E-state index contributed by atoms with van der Waals surface area (Å²) in [6, 6.07) is 5.81. The lowest BCUT2D eigenvalue weighted by atomic mass is 9.82. The second-order valence-corrected chi connectivity index (χ2v) is 4.68. The number of hydrogen-bond acceptors (Lipinski definition) is 3. The van der Waals surface area contributed by atoms with Crippen molar-refractivity contribution in [1.29, 1.82) is 0 Å². The Kier molecular flexibility index (Phi) is 2.81. The average Bonchev–Trinajstić information content (AvgIpc) is 2.18. The van der Waals surface area contributed by atoms with Crippen LogP contribution in [0, 0.1) is 23.0 Å². The van der Waals surface area contributed by atoms with Gasteiger partial charge in [-0.1, -0.05) is 13.0 Å². The van der Waals surface area contributed by atoms with Crippen LogP contribution in [0.1, 0.15) is 25.3 Å². The first-order valence-electron chi connectivity index (χ1n) is 5.58. The van der Waals surface area contributed by atoms with E-state index in [0.29, 0.717) is 11.6 Å². The number of nitrogens with zero attached hydrogens (tertiary/aromatic N) is 1. The van der Waals surface area contributed by atoms with Crippen LogP contribution in [-0.4, -0.2) is 11.0 Å². The molecule has 2 rings (SSSR count). The summed E-state index contributed by atoms with van der Waals surface area (Å²) in [5.74, 6) is 0.776. The average molecular weight is 220 g/mol. The summed E-state index contributed by atoms with van der Waals surface area (Å²) in [6.45, 7) is 3.98. The van der Waals surface area contributed by atoms with E-state index >= 15 is 0 Å². The van der Waals surface area contributed by atoms with Crippen molar-refractivity contribution in [1.82, 2.24) is 0 Å². The molecule has 86 valence electrons. The molecule has 0 spiro atoms. The highest BCUT2D eigenvalue weighted by atomic mass is 16.6. The first-order chi connectivity index (χ1) is 7.56. The Bertz CT molecular complexity index is 411. The zero-order valence-electron chi connectivity index (χ0n) is 9.56. The number of nitro groups is 1. The molecular weight excluding hydrogens is 204 g/mol. The third-order valence-corrected chi connectivity index (χ3v) is 3.15. The van der Waals surface area contributed by atoms with Gasteiger partial charge in [-0.05, 0) is 31.7 Å². The number of nitrogens with one attached hydrogen (secondary N) is 1. The molecule has 16 heavy (non-hydrogen) atoms. The van der Waals surface area contributed by atoms with Gasteiger partial charge >= 0.3 is 0 Å². The summed E-state index contributed by atoms with van der Waals surface area (Å²) in [4.78, 5) is 10.4. The molecule has 0 heterocycles. The van der Waals surface area contributed by atoms with E-state index in [1.54, 1.807) is 19.1 Å². The zero-order valence-corrected chi connectivity index (χ0v) is 9.56. The van der Waals surface area contributed by atoms with Crippen LogP contribution in [0.25, 0.3) is 0 Å². The van der Waals surface area contributed by atoms with E-state index in [2.05, 4.69) is 12.2 Å². The molecule has 0 bridgehead atoms. The topological polar surface area (TPSA) is 55.2 Å². The summed E-state index contributed by atoms with van der Waals surface area (Å²) < 4.78 is 0. The number of aryl methyl sites for hydroxylation is 1. The molecule has 0 aliphatic heterocycles. The fraction of sp³-hybridized carbons (Fsp3) is 0.500. The largest absolute Gasteiger partial charge is 0.382 e. The third-order valence-electron chi connectivity index (χ3n) is 3.15. The summed E-state index contributed by atoms with van der Waals surface area (Å²) >= 11 is 0. The Morgan fingerprint density at radius 2 is 2.12 bits per heavy atom. The van der Waals surface area contributed by atoms with Gasteiger partial charge in [0.1, 0.15) is 0 Å². The lowest BCUT2D eigenvalue weighted by Crippen LogP contribution is -2.33. The summed E-state index contributed by atoms with van der Waals surface area (Å²) in [5, 5.41) is 14.1. The van der Waals surface area contributed by atoms with Crippen molar-refractivity contribution in [2.75, 3.05) is 5.32 Å². The maximum Gasteiger partial charge on any atom is 0.274 e. The van der Waals surface area contributed by atoms with Crippen molar-refractivity contribution in [3.8, 4) is 0 Å². The molecular formula is C12H16N2O2. The molecule has 0 amide bonds. The first kappa shape index (κ1) is 10.9. The molecule has 1 aromatic carbocycles. The minimum Gasteiger partial charge on any atom is -0.382 e. The number of rotatable bonds is 3. The molecule has 1 aromatic rings. The van der Waals surface area contributed by atoms with Crippen LogP contribution < -0.4 is 5.32 Å². The van der Waals surface area contributed by atoms with Crippen molar-refractivity contribution in [3.05, 3.63) is 33.9 Å². The van der Waals surface area contributed by atoms with Crippen LogP contribution in [0.5, 0.6) is 0 Å². The third kappa shape index (κ3) is 2.15. The van der Waals surface area contributed by atoms with Gasteiger partial charge in [0.05, 0.1) is 4.92 Å². The Hall–Kier alpha value is -1.58. The highest BCUT2D eigenvalue weighted by Gasteiger charge is 2.25. The number of nitro benzene ring substituents is 1. The van der Waals surface area contributed by atoms with E-state index in [0.717, 1.165) is 24.4 Å². The van der Waals surface area contributed by atoms with Gasteiger partial charge in [0, 0.05) is 23.4 Å². The molecule has 4 heteroatoms. The van der Waals surface area contributed by atoms with Crippen molar-refractivity contribution >= 4 is 11.4 Å². The normalized spacial score (nSPS) is 23.6. The predicted octanol–water partition coefficient (Wildman–Crippen LogP) is 3.11. The van der Waals surface area contributed by atoms with E-state index in [9.17, 15) is 10.1 Å². The van der Waals surface area contributed by atoms with Crippen molar-refractivity contribution in [2.45, 2.75) is 32.7 Å². The van der Waals surface area contributed by atoms with E-state index in [1.807, 2.05) is 6.07 Å². The lowest BCUT2D eigenvalue weighted by molar-refractivity contribution is -0.385. The standard InChI is InChI=1S/C12H16N2O2/c1-8-5-11(6-8)13-10-4-3-9(2)12(7-10)14(15)16/h3-4,7-8,11,13H,5-6H2,1-2H3. The molecule has 0 radical (unpaired) electrons. The van der Waals surface area contributed by atoms with Crippen LogP contribution in [-0.2, 0) is 0 Å². The fourth-order valence-electron chi connectivity index (χ4n) is 2.15. The second-order valence-electron chi connectivity index (χ2n) is 4.68. The summed E-state index contributed by atoms with van der Waals surface area (Å²) in [6.07, 6.45) is 2.31. The van der Waals surface area contributed by atoms with Gasteiger partial charge in [-0.25, -0.2) is 0 Å². The van der Waals surface area contributed by atoms with Gasteiger partial charge in [-0.3, -0.25) is 10.1 Å². The molecule has 0 unspecified atom stereocenters. The first-order valence-corrected chi connectivity index (χ1v) is 5.58. The maximum atomic E-state index is 10.8. The Morgan fingerprint density at radius 1 is 1.44 bits per heavy atom. The van der Waals surface area contributed by atoms with Crippen LogP contribution in [0.4, 0.5) is 11.4 Å². The Morgan fingerprint density at radius 3 is 2.69 bits per heavy atom. The molecule has 1 N–H and O–H groups in total. The summed E-state index contributed by atoms with van der Waals surface area (Å²) in [5.41, 5.74) is 1.75. The fourth-order valence-corrected chi connectivity index (χ4v) is 2.15. The quantitative estimate of drug-likeness (QED) is 0.629. The number of hydrogen-bond donors (Lipinski definition) is 1. The van der Waals surface area contributed by atoms with Crippen LogP contribution in [0.15, 0.2) is 18.2 Å². The maximum absolute atomic E-state index is 10.8. The van der Waals surface area contributed by atoms with Gasteiger partial charge in [0.15, 0.2) is 0 Å². The van der Waals surface area contributed by atoms with Crippen LogP contribution >= 0.6 is 0 Å². The van der Waals surface area contributed by atoms with Crippen molar-refractivity contribution in [3.63, 3.8) is 0 Å². The van der Waals surface area contributed by atoms with Gasteiger partial charge in [-0.15, -0.1) is 0 Å². The molecule has 1 aliphatic carbocycles. The van der Waals surface area contributed by atoms with Crippen molar-refractivity contribution < 1.29 is 4.92 Å². The number of anilines is 1. The van der Waals surface area contributed by atoms with Crippen molar-refractivity contribution in [2.24, 2.45) is 5.92 Å². The lowest BCUT2D eigenvalue weighted by Gasteiger charge is -2.34. The van der Waals surface area contributed by atoms with E-state index in [1.165, 1.54) is 0 Å². The zero-order chi connectivity index (χ0) is 11.7. The van der Waals surface area contributed by atoms with Gasteiger partial charge in [0.2, 0.25) is 0 Å². The molecule has 0 atom stereocenters. The van der Waals surface area contributed by atoms with Gasteiger partial charge in [-0.2, -0.15) is 0 Å². The van der Waals surface area contributed by atoms with Gasteiger partial charge in [0.25, 0.3) is 5.69 Å². The predicted molar refractivity (Wildman–Crippen MR) is 63.6 cm³/mol. The van der Waals surface area contributed by atoms with E-state index in [-0.39, 0.29) is 10.6 Å². The molecule has 0 aromatic heterocycles. The number of benzene rings is 1. The highest BCUT2D eigenvalue weighted by Crippen LogP contribution is 2.31. The molecule has 4 nitrogen and oxygen atoms in total. The molecule has 1 fully saturated rings. The summed E-state index contributed by atoms with van der Waals surface area (Å²) in [7, 11) is 0. The minimum atomic E-state index is -0.329. The molecule has 1 aliphatic rings. The van der Waals surface area contributed by atoms with Gasteiger partial charge < -0.3 is 5.32 Å². The Balaban J connectivity index is 2.10. The minimum absolute atomic E-state index is 0.192. The monoisotopic (exact) mass is 220 g/mol. The Labute approximate surface area is 94.8 Å². The second kappa shape index (κ2) is 4.12. The van der Waals surface area contributed by atoms with Crippen LogP contribution in [0.3, 0.4) is 0 Å². The highest BCUT2D eigenvalue weighted by molar-refractivity contribution is 5.55. The van der Waals surface area contributed by atoms with E-state index in [4.69, 9.17) is 0 Å². The molecule has 1 saturated carbocycles. The molecule has 0 saturated heterocycles. The van der Waals surface area contributed by atoms with E-state index < -0.39 is 0 Å². The smallest absolute Gasteiger partial charge is 0.274 e.